The van der Waals surface area contributed by atoms with Gasteiger partial charge in [-0.05, 0) is 31.2 Å². The minimum Gasteiger partial charge on any atom is -0.492 e. The van der Waals surface area contributed by atoms with Gasteiger partial charge < -0.3 is 20.1 Å². The molecular weight excluding hydrogens is 805 g/mol. The van der Waals surface area contributed by atoms with Crippen LogP contribution in [0.2, 0.25) is 10.3 Å². The molecule has 1 amide bonds. The van der Waals surface area contributed by atoms with Gasteiger partial charge in [-0.1, -0.05) is 65.7 Å². The maximum absolute atomic E-state index is 14.2. The summed E-state index contributed by atoms with van der Waals surface area (Å²) >= 11 is 12.7. The number of hydrogen-bond acceptors (Lipinski definition) is 12. The van der Waals surface area contributed by atoms with Crippen LogP contribution in [0.4, 0.5) is 25.5 Å². The summed E-state index contributed by atoms with van der Waals surface area (Å²) < 4.78 is 42.2. The lowest BCUT2D eigenvalue weighted by molar-refractivity contribution is 0.0567. The molecule has 0 bridgehead atoms. The summed E-state index contributed by atoms with van der Waals surface area (Å²) in [6.45, 7) is 4.22. The molecule has 3 N–H and O–H groups in total. The molecule has 0 atom stereocenters. The SMILES string of the molecule is COC(=O)Nc1nc(Cl)cc(-c2nn(Cc3cccc(OCCN4CCN(C)CC4)c3Cc3cn(C(F)F)nc3-c3cc(Cl)nc(N)n3)c(C)c2Cc2ccccc2)n1. The Bertz CT molecular complexity index is 2400. The highest BCUT2D eigenvalue weighted by Gasteiger charge is 2.24. The van der Waals surface area contributed by atoms with Crippen molar-refractivity contribution >= 4 is 41.2 Å². The number of piperazine rings is 1. The number of nitrogen functional groups attached to an aromatic ring is 1. The fourth-order valence-corrected chi connectivity index (χ4v) is 7.30. The van der Waals surface area contributed by atoms with E-state index in [1.807, 2.05) is 60.1 Å². The third-order valence-electron chi connectivity index (χ3n) is 10.0. The van der Waals surface area contributed by atoms with E-state index in [1.165, 1.54) is 19.4 Å². The molecule has 0 radical (unpaired) electrons. The van der Waals surface area contributed by atoms with Gasteiger partial charge in [0, 0.05) is 86.3 Å². The van der Waals surface area contributed by atoms with Gasteiger partial charge in [-0.25, -0.2) is 29.4 Å². The summed E-state index contributed by atoms with van der Waals surface area (Å²) in [6.07, 6.45) is 1.19. The van der Waals surface area contributed by atoms with E-state index in [0.717, 1.165) is 54.1 Å². The number of benzene rings is 2. The number of rotatable bonds is 14. The first kappa shape index (κ1) is 41.4. The predicted octanol–water partition coefficient (Wildman–Crippen LogP) is 6.62. The lowest BCUT2D eigenvalue weighted by Crippen LogP contribution is -2.45. The van der Waals surface area contributed by atoms with Crippen molar-refractivity contribution in [3.05, 3.63) is 111 Å². The smallest absolute Gasteiger partial charge is 0.413 e. The van der Waals surface area contributed by atoms with Gasteiger partial charge in [-0.2, -0.15) is 19.0 Å². The molecule has 0 saturated carbocycles. The highest BCUT2D eigenvalue weighted by Crippen LogP contribution is 2.34. The number of anilines is 2. The Hall–Kier alpha value is -5.75. The first-order valence-electron chi connectivity index (χ1n) is 18.7. The van der Waals surface area contributed by atoms with Crippen LogP contribution in [0.1, 0.15) is 40.1 Å². The molecule has 5 heterocycles. The zero-order valence-electron chi connectivity index (χ0n) is 32.6. The lowest BCUT2D eigenvalue weighted by atomic mass is 9.97. The van der Waals surface area contributed by atoms with Crippen LogP contribution in [0.3, 0.4) is 0 Å². The van der Waals surface area contributed by atoms with Crippen molar-refractivity contribution < 1.29 is 23.0 Å². The van der Waals surface area contributed by atoms with E-state index < -0.39 is 12.6 Å². The zero-order chi connectivity index (χ0) is 41.6. The quantitative estimate of drug-likeness (QED) is 0.113. The number of carbonyl (C=O) groups excluding carboxylic acids is 1. The van der Waals surface area contributed by atoms with E-state index in [2.05, 4.69) is 47.2 Å². The fraction of sp³-hybridized carbons (Fsp3) is 0.325. The van der Waals surface area contributed by atoms with Gasteiger partial charge in [0.2, 0.25) is 11.9 Å². The van der Waals surface area contributed by atoms with Crippen molar-refractivity contribution in [2.45, 2.75) is 32.9 Å². The van der Waals surface area contributed by atoms with Crippen LogP contribution >= 0.6 is 23.2 Å². The molecule has 1 fully saturated rings. The van der Waals surface area contributed by atoms with Gasteiger partial charge in [0.1, 0.15) is 34.1 Å². The summed E-state index contributed by atoms with van der Waals surface area (Å²) in [6, 6.07) is 18.7. The van der Waals surface area contributed by atoms with Crippen LogP contribution in [0.25, 0.3) is 22.8 Å². The average Bonchev–Trinajstić information content (AvgIpc) is 3.77. The van der Waals surface area contributed by atoms with Gasteiger partial charge >= 0.3 is 12.6 Å². The number of methoxy groups -OCH3 is 1. The minimum absolute atomic E-state index is 0.0483. The van der Waals surface area contributed by atoms with E-state index in [0.29, 0.717) is 47.0 Å². The molecule has 4 aromatic heterocycles. The van der Waals surface area contributed by atoms with Crippen LogP contribution in [0, 0.1) is 6.92 Å². The largest absolute Gasteiger partial charge is 0.492 e. The average molecular weight is 848 g/mol. The van der Waals surface area contributed by atoms with E-state index in [1.54, 1.807) is 6.07 Å². The number of amides is 1. The number of nitrogens with one attached hydrogen (secondary N) is 1. The second-order valence-electron chi connectivity index (χ2n) is 14.0. The molecule has 2 aromatic carbocycles. The van der Waals surface area contributed by atoms with Crippen molar-refractivity contribution in [1.82, 2.24) is 49.3 Å². The van der Waals surface area contributed by atoms with Crippen molar-refractivity contribution in [2.24, 2.45) is 0 Å². The summed E-state index contributed by atoms with van der Waals surface area (Å²) in [5.41, 5.74) is 12.0. The Morgan fingerprint density at radius 2 is 1.61 bits per heavy atom. The number of ether oxygens (including phenoxy) is 2. The highest BCUT2D eigenvalue weighted by molar-refractivity contribution is 6.30. The maximum Gasteiger partial charge on any atom is 0.413 e. The molecule has 308 valence electrons. The minimum atomic E-state index is -2.92. The standard InChI is InChI=1S/C40H42Cl2F2N12O3/c1-24-28(18-25-8-5-4-6-9-25)36(31-21-34(42)49-39(47-31)50-40(57)58-3)52-55(24)22-26-10-7-11-32(59-17-16-54-14-12-53(2)13-15-54)29(26)19-27-23-56(37(43)44)51-35(27)30-20-33(41)48-38(45)46-30/h4-11,20-21,23,37H,12-19,22H2,1-3H3,(H2,45,46,48)(H,47,49,50,57). The number of nitrogens with zero attached hydrogens (tertiary/aromatic N) is 10. The first-order chi connectivity index (χ1) is 28.4. The molecule has 0 unspecified atom stereocenters. The van der Waals surface area contributed by atoms with E-state index in [9.17, 15) is 13.6 Å². The second-order valence-corrected chi connectivity index (χ2v) is 14.8. The third-order valence-corrected chi connectivity index (χ3v) is 10.4. The Morgan fingerprint density at radius 1 is 0.881 bits per heavy atom. The zero-order valence-corrected chi connectivity index (χ0v) is 34.1. The summed E-state index contributed by atoms with van der Waals surface area (Å²) in [5, 5.41) is 11.9. The number of hydrogen-bond donors (Lipinski definition) is 2. The Morgan fingerprint density at radius 3 is 2.32 bits per heavy atom. The first-order valence-corrected chi connectivity index (χ1v) is 19.5. The van der Waals surface area contributed by atoms with Crippen LogP contribution in [-0.2, 0) is 24.1 Å². The topological polar surface area (TPSA) is 167 Å². The molecule has 6 aromatic rings. The number of alkyl halides is 2. The number of aromatic nitrogens is 8. The Labute approximate surface area is 349 Å². The number of carbonyl (C=O) groups is 1. The number of likely N-dealkylation sites (N-methyl/N-ethyl adjacent to an activating group) is 1. The molecule has 1 aliphatic heterocycles. The Balaban J connectivity index is 1.31. The summed E-state index contributed by atoms with van der Waals surface area (Å²) in [4.78, 5) is 33.6. The third kappa shape index (κ3) is 10.1. The summed E-state index contributed by atoms with van der Waals surface area (Å²) in [5.74, 6) is 0.420. The van der Waals surface area contributed by atoms with Crippen LogP contribution in [0.5, 0.6) is 5.75 Å². The molecule has 59 heavy (non-hydrogen) atoms. The number of halogens is 4. The van der Waals surface area contributed by atoms with Gasteiger partial charge in [0.25, 0.3) is 0 Å². The number of nitrogens with two attached hydrogens (primary N) is 1. The molecule has 7 rings (SSSR count). The van der Waals surface area contributed by atoms with Gasteiger partial charge in [0.15, 0.2) is 0 Å². The van der Waals surface area contributed by atoms with E-state index in [4.69, 9.17) is 43.5 Å². The predicted molar refractivity (Wildman–Crippen MR) is 220 cm³/mol. The molecule has 0 spiro atoms. The highest BCUT2D eigenvalue weighted by atomic mass is 35.5. The van der Waals surface area contributed by atoms with Gasteiger partial charge in [-0.15, -0.1) is 0 Å². The van der Waals surface area contributed by atoms with Gasteiger partial charge in [0.05, 0.1) is 25.0 Å². The second kappa shape index (κ2) is 18.4. The van der Waals surface area contributed by atoms with Gasteiger partial charge in [-0.3, -0.25) is 14.9 Å². The summed E-state index contributed by atoms with van der Waals surface area (Å²) in [7, 11) is 3.34. The molecule has 1 saturated heterocycles. The van der Waals surface area contributed by atoms with Crippen LogP contribution in [0.15, 0.2) is 66.9 Å². The van der Waals surface area contributed by atoms with E-state index >= 15 is 0 Å². The van der Waals surface area contributed by atoms with Crippen LogP contribution in [-0.4, -0.2) is 109 Å². The fourth-order valence-electron chi connectivity index (χ4n) is 6.93. The molecule has 19 heteroatoms. The van der Waals surface area contributed by atoms with Crippen molar-refractivity contribution in [3.8, 4) is 28.5 Å². The normalized spacial score (nSPS) is 13.6. The lowest BCUT2D eigenvalue weighted by Gasteiger charge is -2.32. The maximum atomic E-state index is 14.2. The molecule has 1 aliphatic rings. The van der Waals surface area contributed by atoms with Crippen molar-refractivity contribution in [1.29, 1.82) is 0 Å². The van der Waals surface area contributed by atoms with Crippen LogP contribution < -0.4 is 15.8 Å². The van der Waals surface area contributed by atoms with E-state index in [-0.39, 0.29) is 46.6 Å². The molecule has 0 aliphatic carbocycles. The Kier molecular flexibility index (Phi) is 12.9. The monoisotopic (exact) mass is 846 g/mol. The molecule has 15 nitrogen and oxygen atoms in total. The molecular formula is C40H42Cl2F2N12O3. The van der Waals surface area contributed by atoms with Crippen molar-refractivity contribution in [2.75, 3.05) is 64.5 Å². The van der Waals surface area contributed by atoms with Crippen molar-refractivity contribution in [3.63, 3.8) is 0 Å².